The lowest BCUT2D eigenvalue weighted by molar-refractivity contribution is 0.203. The Morgan fingerprint density at radius 1 is 1.26 bits per heavy atom. The number of nitrogens with two attached hydrogens (primary N) is 1. The summed E-state index contributed by atoms with van der Waals surface area (Å²) >= 11 is 7.74. The van der Waals surface area contributed by atoms with Crippen molar-refractivity contribution in [1.82, 2.24) is 15.0 Å². The molecule has 1 saturated heterocycles. The normalized spacial score (nSPS) is 21.7. The van der Waals surface area contributed by atoms with Gasteiger partial charge in [-0.25, -0.2) is 19.3 Å². The highest BCUT2D eigenvalue weighted by Crippen LogP contribution is 2.47. The van der Waals surface area contributed by atoms with Crippen LogP contribution < -0.4 is 10.6 Å². The minimum absolute atomic E-state index is 0.217. The highest BCUT2D eigenvalue weighted by Gasteiger charge is 2.41. The van der Waals surface area contributed by atoms with Crippen LogP contribution in [0.3, 0.4) is 0 Å². The van der Waals surface area contributed by atoms with Gasteiger partial charge in [0.25, 0.3) is 0 Å². The van der Waals surface area contributed by atoms with Gasteiger partial charge in [-0.15, -0.1) is 0 Å². The Morgan fingerprint density at radius 3 is 2.67 bits per heavy atom. The first-order valence-electron chi connectivity index (χ1n) is 9.26. The third-order valence-electron chi connectivity index (χ3n) is 5.73. The van der Waals surface area contributed by atoms with Crippen LogP contribution in [0.25, 0.3) is 0 Å². The van der Waals surface area contributed by atoms with E-state index >= 15 is 0 Å². The van der Waals surface area contributed by atoms with Crippen LogP contribution in [0.4, 0.5) is 16.0 Å². The molecule has 1 spiro atoms. The summed E-state index contributed by atoms with van der Waals surface area (Å²) in [6.07, 6.45) is 7.53. The summed E-state index contributed by atoms with van der Waals surface area (Å²) in [5.41, 5.74) is 6.73. The average Bonchev–Trinajstić information content (AvgIpc) is 3.01. The van der Waals surface area contributed by atoms with E-state index in [9.17, 15) is 4.39 Å². The van der Waals surface area contributed by atoms with Crippen LogP contribution in [0.5, 0.6) is 0 Å². The van der Waals surface area contributed by atoms with E-state index in [-0.39, 0.29) is 5.41 Å². The second kappa shape index (κ2) is 7.43. The van der Waals surface area contributed by atoms with Crippen LogP contribution in [-0.2, 0) is 0 Å². The van der Waals surface area contributed by atoms with Crippen molar-refractivity contribution >= 4 is 35.0 Å². The van der Waals surface area contributed by atoms with Gasteiger partial charge >= 0.3 is 0 Å². The molecule has 2 aliphatic rings. The van der Waals surface area contributed by atoms with Crippen molar-refractivity contribution in [2.45, 2.75) is 55.1 Å². The van der Waals surface area contributed by atoms with E-state index in [1.165, 1.54) is 11.8 Å². The van der Waals surface area contributed by atoms with E-state index in [2.05, 4.69) is 19.9 Å². The third kappa shape index (κ3) is 3.99. The Morgan fingerprint density at radius 2 is 2.04 bits per heavy atom. The smallest absolute Gasteiger partial charge is 0.147 e. The lowest BCUT2D eigenvalue weighted by atomic mass is 9.77. The maximum Gasteiger partial charge on any atom is 0.147 e. The zero-order valence-corrected chi connectivity index (χ0v) is 16.9. The molecule has 27 heavy (non-hydrogen) atoms. The molecule has 2 fully saturated rings. The highest BCUT2D eigenvalue weighted by atomic mass is 35.5. The Hall–Kier alpha value is -1.60. The number of halogens is 2. The number of hydrogen-bond acceptors (Lipinski definition) is 6. The summed E-state index contributed by atoms with van der Waals surface area (Å²) in [5, 5.41) is 1.35. The van der Waals surface area contributed by atoms with Crippen molar-refractivity contribution < 1.29 is 4.39 Å². The fraction of sp³-hybridized carbons (Fsp3) is 0.526. The Labute approximate surface area is 167 Å². The van der Waals surface area contributed by atoms with Gasteiger partial charge in [-0.05, 0) is 50.5 Å². The summed E-state index contributed by atoms with van der Waals surface area (Å²) < 4.78 is 13.6. The molecular weight excluding hydrogens is 385 g/mol. The van der Waals surface area contributed by atoms with E-state index in [0.717, 1.165) is 60.9 Å². The fourth-order valence-corrected chi connectivity index (χ4v) is 5.23. The molecule has 1 aliphatic carbocycles. The van der Waals surface area contributed by atoms with Gasteiger partial charge < -0.3 is 10.6 Å². The van der Waals surface area contributed by atoms with E-state index in [1.807, 2.05) is 6.92 Å². The largest absolute Gasteiger partial charge is 0.384 e. The number of alkyl halides is 1. The summed E-state index contributed by atoms with van der Waals surface area (Å²) in [6.45, 7) is 3.66. The number of nitrogens with zero attached hydrogens (tertiary/aromatic N) is 4. The monoisotopic (exact) mass is 407 g/mol. The first-order chi connectivity index (χ1) is 12.9. The molecule has 2 aromatic rings. The summed E-state index contributed by atoms with van der Waals surface area (Å²) in [5.74, 6) is 1.31. The number of hydrogen-bond donors (Lipinski definition) is 1. The van der Waals surface area contributed by atoms with Gasteiger partial charge in [-0.1, -0.05) is 23.4 Å². The van der Waals surface area contributed by atoms with E-state index in [4.69, 9.17) is 17.3 Å². The van der Waals surface area contributed by atoms with E-state index < -0.39 is 6.17 Å². The van der Waals surface area contributed by atoms with Gasteiger partial charge in [0.15, 0.2) is 0 Å². The van der Waals surface area contributed by atoms with Gasteiger partial charge in [-0.3, -0.25) is 0 Å². The summed E-state index contributed by atoms with van der Waals surface area (Å²) in [7, 11) is 0. The Bertz CT molecular complexity index is 824. The maximum absolute atomic E-state index is 13.6. The molecule has 0 radical (unpaired) electrons. The van der Waals surface area contributed by atoms with Crippen LogP contribution in [-0.4, -0.2) is 34.2 Å². The number of anilines is 2. The average molecular weight is 408 g/mol. The van der Waals surface area contributed by atoms with Crippen LogP contribution >= 0.6 is 23.4 Å². The van der Waals surface area contributed by atoms with Gasteiger partial charge in [0.2, 0.25) is 0 Å². The first kappa shape index (κ1) is 18.7. The SMILES string of the molecule is Cc1nc(N)cc(Sc2cnc(N3CCC4(CCC(F)C4)CC3)cn2)c1Cl. The molecule has 3 heterocycles. The molecule has 1 aliphatic heterocycles. The van der Waals surface area contributed by atoms with Gasteiger partial charge in [0, 0.05) is 18.0 Å². The van der Waals surface area contributed by atoms with Crippen LogP contribution in [0.2, 0.25) is 5.02 Å². The number of aromatic nitrogens is 3. The lowest BCUT2D eigenvalue weighted by Crippen LogP contribution is -2.39. The third-order valence-corrected chi connectivity index (χ3v) is 7.28. The van der Waals surface area contributed by atoms with E-state index in [0.29, 0.717) is 16.5 Å². The van der Waals surface area contributed by atoms with E-state index in [1.54, 1.807) is 18.5 Å². The molecule has 5 nitrogen and oxygen atoms in total. The first-order valence-corrected chi connectivity index (χ1v) is 10.5. The van der Waals surface area contributed by atoms with Crippen molar-refractivity contribution in [3.63, 3.8) is 0 Å². The fourth-order valence-electron chi connectivity index (χ4n) is 4.16. The summed E-state index contributed by atoms with van der Waals surface area (Å²) in [6, 6.07) is 1.75. The molecule has 0 amide bonds. The molecule has 1 unspecified atom stereocenters. The molecule has 2 aromatic heterocycles. The van der Waals surface area contributed by atoms with Crippen molar-refractivity contribution in [2.24, 2.45) is 5.41 Å². The van der Waals surface area contributed by atoms with Crippen LogP contribution in [0.15, 0.2) is 28.4 Å². The van der Waals surface area contributed by atoms with Gasteiger partial charge in [-0.2, -0.15) is 0 Å². The minimum atomic E-state index is -0.606. The van der Waals surface area contributed by atoms with Crippen molar-refractivity contribution in [3.05, 3.63) is 29.2 Å². The predicted octanol–water partition coefficient (Wildman–Crippen LogP) is 4.68. The molecule has 1 atom stereocenters. The highest BCUT2D eigenvalue weighted by molar-refractivity contribution is 7.99. The second-order valence-corrected chi connectivity index (χ2v) is 9.03. The topological polar surface area (TPSA) is 67.9 Å². The molecule has 2 N–H and O–H groups in total. The molecule has 0 bridgehead atoms. The standard InChI is InChI=1S/C19H23ClFN5S/c1-12-18(20)14(8-15(22)25-12)27-17-11-23-16(10-24-17)26-6-4-19(5-7-26)3-2-13(21)9-19/h8,10-11,13H,2-7,9H2,1H3,(H2,22,25). The molecule has 4 rings (SSSR count). The quantitative estimate of drug-likeness (QED) is 0.796. The van der Waals surface area contributed by atoms with Crippen molar-refractivity contribution in [2.75, 3.05) is 23.7 Å². The van der Waals surface area contributed by atoms with Gasteiger partial charge in [0.05, 0.1) is 23.1 Å². The molecular formula is C19H23ClFN5S. The second-order valence-electron chi connectivity index (χ2n) is 7.59. The zero-order valence-electron chi connectivity index (χ0n) is 15.3. The molecule has 8 heteroatoms. The van der Waals surface area contributed by atoms with Gasteiger partial charge in [0.1, 0.15) is 22.8 Å². The van der Waals surface area contributed by atoms with Crippen LogP contribution in [0, 0.1) is 12.3 Å². The number of piperidine rings is 1. The maximum atomic E-state index is 13.6. The number of aryl methyl sites for hydroxylation is 1. The van der Waals surface area contributed by atoms with Crippen molar-refractivity contribution in [3.8, 4) is 0 Å². The Balaban J connectivity index is 1.41. The summed E-state index contributed by atoms with van der Waals surface area (Å²) in [4.78, 5) is 16.3. The number of nitrogen functional groups attached to an aromatic ring is 1. The molecule has 0 aromatic carbocycles. The number of pyridine rings is 1. The predicted molar refractivity (Wildman–Crippen MR) is 107 cm³/mol. The van der Waals surface area contributed by atoms with Crippen molar-refractivity contribution in [1.29, 1.82) is 0 Å². The zero-order chi connectivity index (χ0) is 19.0. The Kier molecular flexibility index (Phi) is 5.16. The lowest BCUT2D eigenvalue weighted by Gasteiger charge is -2.39. The molecule has 1 saturated carbocycles. The minimum Gasteiger partial charge on any atom is -0.384 e. The van der Waals surface area contributed by atoms with Crippen LogP contribution in [0.1, 0.15) is 37.8 Å². The molecule has 144 valence electrons. The number of rotatable bonds is 3.